The SMILES string of the molecule is CC(C)(C)C(CC(=O)O)NC(=O)OCc1ccccc1. The Morgan fingerprint density at radius 1 is 1.25 bits per heavy atom. The van der Waals surface area contributed by atoms with Crippen LogP contribution in [0, 0.1) is 5.41 Å². The maximum Gasteiger partial charge on any atom is 0.407 e. The standard InChI is InChI=1S/C15H21NO4/c1-15(2,3)12(9-13(17)18)16-14(19)20-10-11-7-5-4-6-8-11/h4-8,12H,9-10H2,1-3H3,(H,16,19)(H,17,18). The Morgan fingerprint density at radius 2 is 1.85 bits per heavy atom. The smallest absolute Gasteiger partial charge is 0.407 e. The molecule has 1 atom stereocenters. The Kier molecular flexibility index (Phi) is 5.55. The van der Waals surface area contributed by atoms with E-state index in [0.29, 0.717) is 0 Å². The fourth-order valence-electron chi connectivity index (χ4n) is 1.66. The molecule has 0 aromatic heterocycles. The normalized spacial score (nSPS) is 12.6. The van der Waals surface area contributed by atoms with Crippen molar-refractivity contribution < 1.29 is 19.4 Å². The Bertz CT molecular complexity index is 451. The number of hydrogen-bond acceptors (Lipinski definition) is 3. The van der Waals surface area contributed by atoms with Gasteiger partial charge in [-0.1, -0.05) is 51.1 Å². The lowest BCUT2D eigenvalue weighted by atomic mass is 9.85. The molecule has 0 bridgehead atoms. The number of benzene rings is 1. The van der Waals surface area contributed by atoms with E-state index in [1.807, 2.05) is 51.1 Å². The number of carboxylic acids is 1. The molecule has 0 aliphatic rings. The van der Waals surface area contributed by atoms with Gasteiger partial charge in [0, 0.05) is 6.04 Å². The molecule has 0 heterocycles. The summed E-state index contributed by atoms with van der Waals surface area (Å²) >= 11 is 0. The van der Waals surface area contributed by atoms with Crippen LogP contribution in [0.2, 0.25) is 0 Å². The average Bonchev–Trinajstić information content (AvgIpc) is 2.35. The number of rotatable bonds is 5. The zero-order valence-electron chi connectivity index (χ0n) is 12.1. The fraction of sp³-hybridized carbons (Fsp3) is 0.467. The van der Waals surface area contributed by atoms with Crippen molar-refractivity contribution in [2.45, 2.75) is 39.8 Å². The van der Waals surface area contributed by atoms with E-state index in [0.717, 1.165) is 5.56 Å². The van der Waals surface area contributed by atoms with Crippen LogP contribution >= 0.6 is 0 Å². The van der Waals surface area contributed by atoms with Gasteiger partial charge in [-0.15, -0.1) is 0 Å². The molecule has 0 saturated carbocycles. The number of carbonyl (C=O) groups excluding carboxylic acids is 1. The Labute approximate surface area is 118 Å². The van der Waals surface area contributed by atoms with Crippen molar-refractivity contribution in [3.05, 3.63) is 35.9 Å². The van der Waals surface area contributed by atoms with E-state index in [2.05, 4.69) is 5.32 Å². The molecule has 0 aliphatic carbocycles. The van der Waals surface area contributed by atoms with Gasteiger partial charge in [-0.25, -0.2) is 4.79 Å². The van der Waals surface area contributed by atoms with Crippen molar-refractivity contribution in [1.29, 1.82) is 0 Å². The van der Waals surface area contributed by atoms with E-state index in [-0.39, 0.29) is 18.4 Å². The second kappa shape index (κ2) is 6.93. The number of carboxylic acid groups (broad SMARTS) is 1. The maximum atomic E-state index is 11.7. The monoisotopic (exact) mass is 279 g/mol. The summed E-state index contributed by atoms with van der Waals surface area (Å²) in [7, 11) is 0. The molecular formula is C15H21NO4. The van der Waals surface area contributed by atoms with Crippen molar-refractivity contribution in [2.24, 2.45) is 5.41 Å². The molecule has 2 N–H and O–H groups in total. The predicted molar refractivity (Wildman–Crippen MR) is 75.3 cm³/mol. The predicted octanol–water partition coefficient (Wildman–Crippen LogP) is 2.80. The molecule has 20 heavy (non-hydrogen) atoms. The summed E-state index contributed by atoms with van der Waals surface area (Å²) in [5.74, 6) is -0.951. The fourth-order valence-corrected chi connectivity index (χ4v) is 1.66. The van der Waals surface area contributed by atoms with Crippen LogP contribution in [0.25, 0.3) is 0 Å². The van der Waals surface area contributed by atoms with Crippen LogP contribution in [0.5, 0.6) is 0 Å². The summed E-state index contributed by atoms with van der Waals surface area (Å²) in [6.45, 7) is 5.78. The van der Waals surface area contributed by atoms with Crippen molar-refractivity contribution in [3.8, 4) is 0 Å². The van der Waals surface area contributed by atoms with Crippen LogP contribution < -0.4 is 5.32 Å². The van der Waals surface area contributed by atoms with Crippen LogP contribution in [-0.2, 0) is 16.1 Å². The van der Waals surface area contributed by atoms with Crippen LogP contribution in [0.15, 0.2) is 30.3 Å². The van der Waals surface area contributed by atoms with Gasteiger partial charge in [0.2, 0.25) is 0 Å². The molecule has 0 aliphatic heterocycles. The highest BCUT2D eigenvalue weighted by atomic mass is 16.5. The first-order chi connectivity index (χ1) is 9.29. The minimum atomic E-state index is -0.951. The molecule has 5 heteroatoms. The van der Waals surface area contributed by atoms with E-state index in [1.165, 1.54) is 0 Å². The topological polar surface area (TPSA) is 75.6 Å². The zero-order chi connectivity index (χ0) is 15.2. The summed E-state index contributed by atoms with van der Waals surface area (Å²) in [4.78, 5) is 22.6. The van der Waals surface area contributed by atoms with Gasteiger partial charge in [-0.05, 0) is 11.0 Å². The highest BCUT2D eigenvalue weighted by Crippen LogP contribution is 2.22. The average molecular weight is 279 g/mol. The molecule has 1 rings (SSSR count). The lowest BCUT2D eigenvalue weighted by Crippen LogP contribution is -2.45. The van der Waals surface area contributed by atoms with Gasteiger partial charge >= 0.3 is 12.1 Å². The van der Waals surface area contributed by atoms with E-state index in [4.69, 9.17) is 9.84 Å². The minimum Gasteiger partial charge on any atom is -0.481 e. The third-order valence-electron chi connectivity index (χ3n) is 2.93. The van der Waals surface area contributed by atoms with Gasteiger partial charge in [0.25, 0.3) is 0 Å². The molecule has 110 valence electrons. The number of nitrogens with one attached hydrogen (secondary N) is 1. The van der Waals surface area contributed by atoms with Gasteiger partial charge in [0.1, 0.15) is 6.61 Å². The van der Waals surface area contributed by atoms with Crippen molar-refractivity contribution in [2.75, 3.05) is 0 Å². The highest BCUT2D eigenvalue weighted by molar-refractivity contribution is 5.71. The number of ether oxygens (including phenoxy) is 1. The lowest BCUT2D eigenvalue weighted by molar-refractivity contribution is -0.138. The summed E-state index contributed by atoms with van der Waals surface area (Å²) in [5.41, 5.74) is 0.526. The molecule has 1 unspecified atom stereocenters. The lowest BCUT2D eigenvalue weighted by Gasteiger charge is -2.29. The summed E-state index contributed by atoms with van der Waals surface area (Å²) in [5, 5.41) is 11.5. The highest BCUT2D eigenvalue weighted by Gasteiger charge is 2.28. The minimum absolute atomic E-state index is 0.135. The Balaban J connectivity index is 2.52. The molecule has 0 fully saturated rings. The quantitative estimate of drug-likeness (QED) is 0.869. The first kappa shape index (κ1) is 16.0. The summed E-state index contributed by atoms with van der Waals surface area (Å²) < 4.78 is 5.09. The number of amides is 1. The van der Waals surface area contributed by atoms with Gasteiger partial charge in [0.05, 0.1) is 6.42 Å². The summed E-state index contributed by atoms with van der Waals surface area (Å²) in [6, 6.07) is 8.82. The molecule has 5 nitrogen and oxygen atoms in total. The van der Waals surface area contributed by atoms with Crippen LogP contribution in [0.3, 0.4) is 0 Å². The first-order valence-corrected chi connectivity index (χ1v) is 6.48. The number of hydrogen-bond donors (Lipinski definition) is 2. The van der Waals surface area contributed by atoms with Gasteiger partial charge in [-0.2, -0.15) is 0 Å². The number of aliphatic carboxylic acids is 1. The molecule has 1 aromatic carbocycles. The van der Waals surface area contributed by atoms with Crippen LogP contribution in [0.4, 0.5) is 4.79 Å². The molecule has 1 amide bonds. The van der Waals surface area contributed by atoms with Crippen molar-refractivity contribution in [1.82, 2.24) is 5.32 Å². The molecular weight excluding hydrogens is 258 g/mol. The van der Waals surface area contributed by atoms with E-state index in [1.54, 1.807) is 0 Å². The zero-order valence-corrected chi connectivity index (χ0v) is 12.1. The van der Waals surface area contributed by atoms with Crippen LogP contribution in [-0.4, -0.2) is 23.2 Å². The van der Waals surface area contributed by atoms with Crippen molar-refractivity contribution in [3.63, 3.8) is 0 Å². The Hall–Kier alpha value is -2.04. The Morgan fingerprint density at radius 3 is 2.35 bits per heavy atom. The van der Waals surface area contributed by atoms with E-state index < -0.39 is 18.1 Å². The van der Waals surface area contributed by atoms with Crippen molar-refractivity contribution >= 4 is 12.1 Å². The molecule has 0 radical (unpaired) electrons. The molecule has 0 spiro atoms. The van der Waals surface area contributed by atoms with E-state index in [9.17, 15) is 9.59 Å². The summed E-state index contributed by atoms with van der Waals surface area (Å²) in [6.07, 6.45) is -0.737. The van der Waals surface area contributed by atoms with Gasteiger partial charge < -0.3 is 15.2 Å². The number of alkyl carbamates (subject to hydrolysis) is 1. The van der Waals surface area contributed by atoms with Gasteiger partial charge in [0.15, 0.2) is 0 Å². The third kappa shape index (κ3) is 5.73. The molecule has 0 saturated heterocycles. The molecule has 1 aromatic rings. The first-order valence-electron chi connectivity index (χ1n) is 6.48. The number of carbonyl (C=O) groups is 2. The largest absolute Gasteiger partial charge is 0.481 e. The van der Waals surface area contributed by atoms with Crippen LogP contribution in [0.1, 0.15) is 32.8 Å². The van der Waals surface area contributed by atoms with E-state index >= 15 is 0 Å². The third-order valence-corrected chi connectivity index (χ3v) is 2.93. The second-order valence-electron chi connectivity index (χ2n) is 5.72. The second-order valence-corrected chi connectivity index (χ2v) is 5.72. The maximum absolute atomic E-state index is 11.7. The van der Waals surface area contributed by atoms with Gasteiger partial charge in [-0.3, -0.25) is 4.79 Å².